The monoisotopic (exact) mass is 497 g/mol. The Hall–Kier alpha value is -4.51. The highest BCUT2D eigenvalue weighted by atomic mass is 19.1. The zero-order valence-corrected chi connectivity index (χ0v) is 19.3. The van der Waals surface area contributed by atoms with E-state index in [1.54, 1.807) is 18.2 Å². The highest BCUT2D eigenvalue weighted by Gasteiger charge is 2.46. The number of piperidine rings is 1. The van der Waals surface area contributed by atoms with Crippen molar-refractivity contribution in [1.82, 2.24) is 29.7 Å². The standard InChI is InChI=1S/C22H24FN9O4/c1-36-21(35)28-20-15(19(25)34)12-31(29-20)22(4-6-24)5-9-30(13-18(22)23)11-14-2-3-16(17(33)10-14)32-26-7-8-27-32/h2-3,7-8,10,12,18,33H,4-5,9,11,13H2,1H3,(H2,25,34)(H,28,29,35). The number of nitrogens with one attached hydrogen (secondary N) is 1. The van der Waals surface area contributed by atoms with Crippen molar-refractivity contribution in [2.45, 2.75) is 31.1 Å². The van der Waals surface area contributed by atoms with E-state index in [-0.39, 0.29) is 36.5 Å². The molecule has 4 N–H and O–H groups in total. The molecule has 2 atom stereocenters. The van der Waals surface area contributed by atoms with Gasteiger partial charge in [0.2, 0.25) is 0 Å². The van der Waals surface area contributed by atoms with Gasteiger partial charge in [-0.25, -0.2) is 9.18 Å². The molecule has 0 spiro atoms. The summed E-state index contributed by atoms with van der Waals surface area (Å²) < 4.78 is 21.5. The van der Waals surface area contributed by atoms with Gasteiger partial charge in [0.15, 0.2) is 5.82 Å². The zero-order valence-electron chi connectivity index (χ0n) is 19.3. The highest BCUT2D eigenvalue weighted by molar-refractivity contribution is 6.00. The molecule has 0 bridgehead atoms. The number of methoxy groups -OCH3 is 1. The fraction of sp³-hybridized carbons (Fsp3) is 0.364. The van der Waals surface area contributed by atoms with Gasteiger partial charge in [-0.2, -0.15) is 20.6 Å². The summed E-state index contributed by atoms with van der Waals surface area (Å²) in [5.41, 5.74) is 5.07. The van der Waals surface area contributed by atoms with E-state index in [9.17, 15) is 20.0 Å². The molecule has 36 heavy (non-hydrogen) atoms. The number of ether oxygens (including phenoxy) is 1. The molecule has 4 rings (SSSR count). The molecule has 3 heterocycles. The molecule has 1 aliphatic heterocycles. The van der Waals surface area contributed by atoms with Crippen LogP contribution in [0.1, 0.15) is 28.8 Å². The number of aromatic hydroxyl groups is 1. The van der Waals surface area contributed by atoms with Gasteiger partial charge in [-0.3, -0.25) is 19.7 Å². The lowest BCUT2D eigenvalue weighted by Crippen LogP contribution is -2.54. The lowest BCUT2D eigenvalue weighted by atomic mass is 9.83. The number of nitrogens with two attached hydrogens (primary N) is 1. The van der Waals surface area contributed by atoms with Crippen molar-refractivity contribution in [2.24, 2.45) is 5.73 Å². The van der Waals surface area contributed by atoms with Crippen LogP contribution < -0.4 is 11.1 Å². The molecule has 0 radical (unpaired) electrons. The van der Waals surface area contributed by atoms with Crippen LogP contribution in [0, 0.1) is 11.3 Å². The Balaban J connectivity index is 1.54. The minimum absolute atomic E-state index is 0.0162. The molecule has 13 nitrogen and oxygen atoms in total. The van der Waals surface area contributed by atoms with Crippen LogP contribution in [0.3, 0.4) is 0 Å². The van der Waals surface area contributed by atoms with Gasteiger partial charge < -0.3 is 15.6 Å². The van der Waals surface area contributed by atoms with Crippen molar-refractivity contribution >= 4 is 17.8 Å². The number of rotatable bonds is 7. The second-order valence-corrected chi connectivity index (χ2v) is 8.35. The first-order valence-electron chi connectivity index (χ1n) is 10.9. The molecule has 0 saturated carbocycles. The Morgan fingerprint density at radius 3 is 2.75 bits per heavy atom. The van der Waals surface area contributed by atoms with Crippen molar-refractivity contribution in [3.63, 3.8) is 0 Å². The molecule has 1 aromatic carbocycles. The van der Waals surface area contributed by atoms with Crippen molar-refractivity contribution in [1.29, 1.82) is 5.26 Å². The van der Waals surface area contributed by atoms with E-state index in [4.69, 9.17) is 5.73 Å². The third kappa shape index (κ3) is 4.68. The number of phenols is 1. The van der Waals surface area contributed by atoms with E-state index in [1.807, 2.05) is 11.0 Å². The number of hydrogen-bond donors (Lipinski definition) is 3. The van der Waals surface area contributed by atoms with Crippen molar-refractivity contribution in [3.8, 4) is 17.5 Å². The number of likely N-dealkylation sites (tertiary alicyclic amines) is 1. The number of anilines is 1. The topological polar surface area (TPSA) is 177 Å². The van der Waals surface area contributed by atoms with E-state index in [1.165, 1.54) is 28.1 Å². The number of hydrogen-bond acceptors (Lipinski definition) is 9. The number of nitrogens with zero attached hydrogens (tertiary/aromatic N) is 7. The fourth-order valence-electron chi connectivity index (χ4n) is 4.27. The minimum atomic E-state index is -1.54. The van der Waals surface area contributed by atoms with Crippen LogP contribution in [0.5, 0.6) is 5.75 Å². The Kier molecular flexibility index (Phi) is 6.84. The summed E-state index contributed by atoms with van der Waals surface area (Å²) in [5.74, 6) is -1.07. The first-order chi connectivity index (χ1) is 17.3. The molecule has 1 aliphatic rings. The summed E-state index contributed by atoms with van der Waals surface area (Å²) >= 11 is 0. The Bertz CT molecular complexity index is 1300. The molecule has 2 aromatic heterocycles. The molecule has 0 aliphatic carbocycles. The van der Waals surface area contributed by atoms with E-state index in [0.29, 0.717) is 18.8 Å². The smallest absolute Gasteiger partial charge is 0.412 e. The lowest BCUT2D eigenvalue weighted by Gasteiger charge is -2.43. The summed E-state index contributed by atoms with van der Waals surface area (Å²) in [6, 6.07) is 7.05. The number of nitriles is 1. The van der Waals surface area contributed by atoms with Gasteiger partial charge in [-0.05, 0) is 24.1 Å². The van der Waals surface area contributed by atoms with Crippen LogP contribution >= 0.6 is 0 Å². The number of carbonyl (C=O) groups is 2. The normalized spacial score (nSPS) is 20.0. The predicted octanol–water partition coefficient (Wildman–Crippen LogP) is 1.30. The number of benzene rings is 1. The van der Waals surface area contributed by atoms with E-state index >= 15 is 4.39 Å². The van der Waals surface area contributed by atoms with Crippen LogP contribution in [0.15, 0.2) is 36.8 Å². The summed E-state index contributed by atoms with van der Waals surface area (Å²) in [4.78, 5) is 26.7. The molecular formula is C22H24FN9O4. The van der Waals surface area contributed by atoms with Gasteiger partial charge in [0, 0.05) is 25.8 Å². The Morgan fingerprint density at radius 1 is 1.39 bits per heavy atom. The second-order valence-electron chi connectivity index (χ2n) is 8.35. The SMILES string of the molecule is COC(=O)Nc1nn(C2(CC#N)CCN(Cc3ccc(-n4nccn4)c(O)c3)CC2F)cc1C(N)=O. The predicted molar refractivity (Wildman–Crippen MR) is 123 cm³/mol. The maximum Gasteiger partial charge on any atom is 0.412 e. The summed E-state index contributed by atoms with van der Waals surface area (Å²) in [7, 11) is 1.14. The first-order valence-corrected chi connectivity index (χ1v) is 10.9. The van der Waals surface area contributed by atoms with Gasteiger partial charge in [0.05, 0.1) is 32.0 Å². The number of alkyl halides is 1. The van der Waals surface area contributed by atoms with Crippen LogP contribution in [-0.4, -0.2) is 73.2 Å². The molecule has 1 fully saturated rings. The Labute approximate surface area is 204 Å². The van der Waals surface area contributed by atoms with Crippen LogP contribution in [0.4, 0.5) is 15.0 Å². The van der Waals surface area contributed by atoms with Crippen LogP contribution in [-0.2, 0) is 16.8 Å². The van der Waals surface area contributed by atoms with Crippen LogP contribution in [0.25, 0.3) is 5.69 Å². The van der Waals surface area contributed by atoms with Crippen molar-refractivity contribution < 1.29 is 23.8 Å². The number of aromatic nitrogens is 5. The number of primary amides is 1. The molecule has 2 unspecified atom stereocenters. The molecule has 3 aromatic rings. The molecular weight excluding hydrogens is 473 g/mol. The maximum atomic E-state index is 15.8. The van der Waals surface area contributed by atoms with Gasteiger partial charge in [0.1, 0.15) is 28.7 Å². The average Bonchev–Trinajstić information content (AvgIpc) is 3.52. The van der Waals surface area contributed by atoms with Crippen molar-refractivity contribution in [3.05, 3.63) is 47.9 Å². The quantitative estimate of drug-likeness (QED) is 0.434. The van der Waals surface area contributed by atoms with Gasteiger partial charge >= 0.3 is 6.09 Å². The third-order valence-corrected chi connectivity index (χ3v) is 6.17. The molecule has 188 valence electrons. The summed E-state index contributed by atoms with van der Waals surface area (Å²) in [5, 5.41) is 34.3. The molecule has 1 saturated heterocycles. The third-order valence-electron chi connectivity index (χ3n) is 6.17. The number of halogens is 1. The van der Waals surface area contributed by atoms with Crippen molar-refractivity contribution in [2.75, 3.05) is 25.5 Å². The number of carbonyl (C=O) groups excluding carboxylic acids is 2. The average molecular weight is 497 g/mol. The number of phenolic OH excluding ortho intramolecular Hbond substituents is 1. The summed E-state index contributed by atoms with van der Waals surface area (Å²) in [6.07, 6.45) is 1.80. The zero-order chi connectivity index (χ0) is 25.9. The molecule has 14 heteroatoms. The maximum absolute atomic E-state index is 15.8. The highest BCUT2D eigenvalue weighted by Crippen LogP contribution is 2.37. The Morgan fingerprint density at radius 2 is 2.14 bits per heavy atom. The summed E-state index contributed by atoms with van der Waals surface area (Å²) in [6.45, 7) is 0.720. The van der Waals surface area contributed by atoms with E-state index in [0.717, 1.165) is 12.7 Å². The lowest BCUT2D eigenvalue weighted by molar-refractivity contribution is 0.00692. The van der Waals surface area contributed by atoms with Gasteiger partial charge in [0.25, 0.3) is 5.91 Å². The van der Waals surface area contributed by atoms with Crippen LogP contribution in [0.2, 0.25) is 0 Å². The largest absolute Gasteiger partial charge is 0.506 e. The minimum Gasteiger partial charge on any atom is -0.506 e. The van der Waals surface area contributed by atoms with Gasteiger partial charge in [-0.15, -0.1) is 4.80 Å². The fourth-order valence-corrected chi connectivity index (χ4v) is 4.27. The first kappa shape index (κ1) is 24.6. The van der Waals surface area contributed by atoms with E-state index in [2.05, 4.69) is 25.3 Å². The van der Waals surface area contributed by atoms with Gasteiger partial charge in [-0.1, -0.05) is 6.07 Å². The van der Waals surface area contributed by atoms with E-state index < -0.39 is 23.7 Å². The number of amides is 2. The molecule has 2 amide bonds. The second kappa shape index (κ2) is 10.0.